The van der Waals surface area contributed by atoms with Crippen molar-refractivity contribution in [1.29, 1.82) is 0 Å². The molecule has 2 aromatic rings. The van der Waals surface area contributed by atoms with Crippen molar-refractivity contribution >= 4 is 31.2 Å². The average Bonchev–Trinajstić information content (AvgIpc) is 3.69. The van der Waals surface area contributed by atoms with Gasteiger partial charge in [-0.25, -0.2) is 19.4 Å². The van der Waals surface area contributed by atoms with Gasteiger partial charge in [0.1, 0.15) is 40.3 Å². The first kappa shape index (κ1) is 43.3. The number of esters is 1. The van der Waals surface area contributed by atoms with E-state index in [9.17, 15) is 19.2 Å². The highest BCUT2D eigenvalue weighted by molar-refractivity contribution is 6.45. The molecule has 2 aliphatic heterocycles. The molecule has 3 aliphatic carbocycles. The van der Waals surface area contributed by atoms with Gasteiger partial charge in [0.15, 0.2) is 5.75 Å². The molecule has 0 radical (unpaired) electrons. The Balaban J connectivity index is 1.22. The number of ether oxygens (including phenoxy) is 5. The Morgan fingerprint density at radius 3 is 2.24 bits per heavy atom. The van der Waals surface area contributed by atoms with Crippen LogP contribution in [0.25, 0.3) is 0 Å². The van der Waals surface area contributed by atoms with Gasteiger partial charge in [0, 0.05) is 18.3 Å². The Morgan fingerprint density at radius 1 is 0.966 bits per heavy atom. The van der Waals surface area contributed by atoms with Gasteiger partial charge in [0.05, 0.1) is 31.1 Å². The molecule has 5 aliphatic rings. The van der Waals surface area contributed by atoms with Crippen molar-refractivity contribution in [2.45, 2.75) is 156 Å². The molecular formula is C42H61BN4O11. The van der Waals surface area contributed by atoms with E-state index < -0.39 is 54.3 Å². The number of benzene rings is 1. The lowest BCUT2D eigenvalue weighted by atomic mass is 9.43. The van der Waals surface area contributed by atoms with Crippen LogP contribution in [0.2, 0.25) is 6.32 Å². The van der Waals surface area contributed by atoms with Crippen molar-refractivity contribution in [3.05, 3.63) is 41.5 Å². The van der Waals surface area contributed by atoms with Gasteiger partial charge in [-0.2, -0.15) is 0 Å². The topological polar surface area (TPSA) is 177 Å². The molecule has 15 nitrogen and oxygen atoms in total. The smallest absolute Gasteiger partial charge is 0.486 e. The van der Waals surface area contributed by atoms with Gasteiger partial charge < -0.3 is 48.2 Å². The number of hydrogen-bond donors (Lipinski definition) is 2. The number of rotatable bonds is 11. The van der Waals surface area contributed by atoms with E-state index in [1.807, 2.05) is 0 Å². The van der Waals surface area contributed by atoms with Crippen LogP contribution in [-0.2, 0) is 41.2 Å². The molecular weight excluding hydrogens is 747 g/mol. The van der Waals surface area contributed by atoms with E-state index in [1.165, 1.54) is 6.33 Å². The van der Waals surface area contributed by atoms with E-state index in [4.69, 9.17) is 33.0 Å². The molecule has 2 saturated heterocycles. The monoisotopic (exact) mass is 808 g/mol. The molecule has 16 heteroatoms. The van der Waals surface area contributed by atoms with E-state index in [-0.39, 0.29) is 59.6 Å². The first-order chi connectivity index (χ1) is 26.8. The lowest BCUT2D eigenvalue weighted by Crippen LogP contribution is -2.65. The zero-order valence-corrected chi connectivity index (χ0v) is 36.1. The Labute approximate surface area is 342 Å². The fourth-order valence-corrected chi connectivity index (χ4v) is 8.60. The van der Waals surface area contributed by atoms with Crippen LogP contribution in [0.3, 0.4) is 0 Å². The lowest BCUT2D eigenvalue weighted by molar-refractivity contribution is -0.199. The molecule has 0 unspecified atom stereocenters. The summed E-state index contributed by atoms with van der Waals surface area (Å²) in [5, 5.41) is 2.69. The number of carbonyl (C=O) groups is 4. The van der Waals surface area contributed by atoms with Crippen LogP contribution in [-0.4, -0.2) is 99.9 Å². The first-order valence-electron chi connectivity index (χ1n) is 20.4. The maximum absolute atomic E-state index is 14.1. The predicted molar refractivity (Wildman–Crippen MR) is 214 cm³/mol. The number of carbonyl (C=O) groups excluding carboxylic acids is 4. The molecule has 318 valence electrons. The number of alkyl carbamates (subject to hydrolysis) is 1. The fraction of sp³-hybridized carbons (Fsp3) is 0.690. The maximum Gasteiger partial charge on any atom is 0.514 e. The number of nitrogens with one attached hydrogen (secondary N) is 2. The molecule has 7 rings (SSSR count). The van der Waals surface area contributed by atoms with Crippen LogP contribution in [0, 0.1) is 17.3 Å². The van der Waals surface area contributed by atoms with Gasteiger partial charge in [-0.1, -0.05) is 19.9 Å². The third-order valence-electron chi connectivity index (χ3n) is 11.5. The van der Waals surface area contributed by atoms with Crippen molar-refractivity contribution in [1.82, 2.24) is 20.2 Å². The lowest BCUT2D eigenvalue weighted by Gasteiger charge is -2.64. The zero-order chi connectivity index (χ0) is 42.6. The second-order valence-electron chi connectivity index (χ2n) is 19.9. The molecule has 58 heavy (non-hydrogen) atoms. The Hall–Kier alpha value is -4.31. The van der Waals surface area contributed by atoms with Crippen LogP contribution in [0.4, 0.5) is 9.59 Å². The summed E-state index contributed by atoms with van der Waals surface area (Å²) in [6.45, 7) is 22.7. The van der Waals surface area contributed by atoms with Crippen LogP contribution in [0.15, 0.2) is 24.7 Å². The van der Waals surface area contributed by atoms with E-state index in [0.29, 0.717) is 35.8 Å². The molecule has 2 amide bonds. The van der Waals surface area contributed by atoms with Gasteiger partial charge in [0.2, 0.25) is 5.91 Å². The predicted octanol–water partition coefficient (Wildman–Crippen LogP) is 6.68. The summed E-state index contributed by atoms with van der Waals surface area (Å²) in [4.78, 5) is 62.4. The normalized spacial score (nSPS) is 24.4. The molecule has 1 aromatic heterocycles. The molecule has 0 spiro atoms. The minimum absolute atomic E-state index is 0.00244. The van der Waals surface area contributed by atoms with Crippen molar-refractivity contribution in [2.75, 3.05) is 13.1 Å². The number of aryl methyl sites for hydroxylation is 1. The van der Waals surface area contributed by atoms with Crippen LogP contribution >= 0.6 is 0 Å². The van der Waals surface area contributed by atoms with Gasteiger partial charge in [-0.3, -0.25) is 4.79 Å². The van der Waals surface area contributed by atoms with Gasteiger partial charge in [-0.15, -0.1) is 0 Å². The second-order valence-corrected chi connectivity index (χ2v) is 19.9. The van der Waals surface area contributed by atoms with E-state index in [2.05, 4.69) is 36.1 Å². The molecule has 3 heterocycles. The summed E-state index contributed by atoms with van der Waals surface area (Å²) in [5.41, 5.74) is -1.62. The number of likely N-dealkylation sites (tertiary alicyclic amines) is 1. The summed E-state index contributed by atoms with van der Waals surface area (Å²) in [6.07, 6.45) is 3.85. The number of nitrogens with zero attached hydrogens (tertiary/aromatic N) is 2. The zero-order valence-electron chi connectivity index (χ0n) is 36.1. The average molecular weight is 809 g/mol. The molecule has 1 aromatic carbocycles. The molecule has 2 bridgehead atoms. The van der Waals surface area contributed by atoms with Gasteiger partial charge in [-0.05, 0) is 124 Å². The SMILES string of the molecule is CC(C)(C)OC(=O)N[C@@H](Cc1cnc[nH]1)C(=O)N1CC(Oc2ccc(CCB3O[C@@H]4C[C@@H]5C[C@@H](C5(C)C)[C@]4(C)O3)c(OC(=O)OC(C)(C)C)c2C(=O)OC(C)(C)C)C1. The number of aromatic nitrogens is 2. The third kappa shape index (κ3) is 9.76. The third-order valence-corrected chi connectivity index (χ3v) is 11.5. The van der Waals surface area contributed by atoms with Crippen molar-refractivity contribution in [3.8, 4) is 11.5 Å². The first-order valence-corrected chi connectivity index (χ1v) is 20.4. The summed E-state index contributed by atoms with van der Waals surface area (Å²) in [5.74, 6) is -0.0269. The van der Waals surface area contributed by atoms with Gasteiger partial charge in [0.25, 0.3) is 0 Å². The number of aromatic amines is 1. The molecule has 2 N–H and O–H groups in total. The minimum atomic E-state index is -0.995. The van der Waals surface area contributed by atoms with Gasteiger partial charge >= 0.3 is 25.3 Å². The summed E-state index contributed by atoms with van der Waals surface area (Å²) >= 11 is 0. The largest absolute Gasteiger partial charge is 0.514 e. The molecule has 5 atom stereocenters. The van der Waals surface area contributed by atoms with Crippen LogP contribution in [0.5, 0.6) is 11.5 Å². The summed E-state index contributed by atoms with van der Waals surface area (Å²) in [6, 6.07) is 2.46. The highest BCUT2D eigenvalue weighted by Gasteiger charge is 2.67. The number of imidazole rings is 1. The molecule has 3 saturated carbocycles. The minimum Gasteiger partial charge on any atom is -0.486 e. The second kappa shape index (κ2) is 15.7. The maximum atomic E-state index is 14.1. The summed E-state index contributed by atoms with van der Waals surface area (Å²) in [7, 11) is -0.485. The Bertz CT molecular complexity index is 1860. The summed E-state index contributed by atoms with van der Waals surface area (Å²) < 4.78 is 42.3. The van der Waals surface area contributed by atoms with Crippen LogP contribution < -0.4 is 14.8 Å². The Morgan fingerprint density at radius 2 is 1.64 bits per heavy atom. The molecule has 5 fully saturated rings. The van der Waals surface area contributed by atoms with E-state index in [1.54, 1.807) is 85.5 Å². The van der Waals surface area contributed by atoms with E-state index in [0.717, 1.165) is 12.8 Å². The van der Waals surface area contributed by atoms with Crippen LogP contribution in [0.1, 0.15) is 118 Å². The fourth-order valence-electron chi connectivity index (χ4n) is 8.60. The highest BCUT2D eigenvalue weighted by atomic mass is 16.7. The number of amides is 2. The van der Waals surface area contributed by atoms with Crippen molar-refractivity contribution in [2.24, 2.45) is 17.3 Å². The number of H-pyrrole nitrogens is 1. The quantitative estimate of drug-likeness (QED) is 0.107. The standard InChI is InChI=1S/C42H61BN4O11/c1-38(2,3)54-35(49)32-29(52-27-21-47(22-27)34(48)28(19-26-20-44-23-45-26)46-36(50)55-39(4,5)6)14-13-24(33(32)53-37(51)56-40(7,8)9)15-16-43-57-31-18-25-17-30(41(25,10)11)42(31,12)58-43/h13-14,20,23,25,27-28,30-31H,15-19,21-22H2,1-12H3,(H,44,45)(H,46,50)/t25-,28-,30-,31+,42-/m0/s1. The highest BCUT2D eigenvalue weighted by Crippen LogP contribution is 2.65. The van der Waals surface area contributed by atoms with Crippen molar-refractivity contribution in [3.63, 3.8) is 0 Å². The van der Waals surface area contributed by atoms with E-state index >= 15 is 0 Å². The number of hydrogen-bond acceptors (Lipinski definition) is 12. The van der Waals surface area contributed by atoms with Crippen molar-refractivity contribution < 1.29 is 52.2 Å². The Kier molecular flexibility index (Phi) is 11.7.